The Balaban J connectivity index is 1.23. The molecule has 0 atom stereocenters. The lowest BCUT2D eigenvalue weighted by molar-refractivity contribution is 1.05. The van der Waals surface area contributed by atoms with Gasteiger partial charge in [0.25, 0.3) is 0 Å². The molecule has 0 unspecified atom stereocenters. The minimum atomic E-state index is 0.706. The van der Waals surface area contributed by atoms with Gasteiger partial charge in [-0.25, -0.2) is 9.97 Å². The molecule has 4 nitrogen and oxygen atoms in total. The standard InChI is InChI=1S/C46H28N4S/c1-4-14-29(15-5-1)38-27-43(48-46(47-38)30-16-6-2-7-17-30)50-40-23-13-11-21-33(40)36-26-37-35-25-24-34-32-20-10-12-22-39(32)49(31-18-8-3-9-19-31)44(34)45(35)51-42(37)28-41(36)50/h1-28H. The largest absolute Gasteiger partial charge is 0.308 e. The smallest absolute Gasteiger partial charge is 0.162 e. The number of hydrogen-bond acceptors (Lipinski definition) is 3. The molecule has 0 aliphatic rings. The van der Waals surface area contributed by atoms with Crippen molar-refractivity contribution in [3.05, 3.63) is 170 Å². The quantitative estimate of drug-likeness (QED) is 0.187. The van der Waals surface area contributed by atoms with E-state index in [4.69, 9.17) is 9.97 Å². The van der Waals surface area contributed by atoms with Crippen molar-refractivity contribution in [2.45, 2.75) is 0 Å². The summed E-state index contributed by atoms with van der Waals surface area (Å²) < 4.78 is 7.31. The summed E-state index contributed by atoms with van der Waals surface area (Å²) in [5.41, 5.74) is 8.84. The Morgan fingerprint density at radius 2 is 1.02 bits per heavy atom. The SMILES string of the molecule is c1ccc(-c2cc(-n3c4ccccc4c4cc5c(cc43)sc3c5ccc4c5ccccc5n(-c5ccccc5)c43)nc(-c3ccccc3)n2)cc1. The molecule has 0 spiro atoms. The second-order valence-corrected chi connectivity index (χ2v) is 14.1. The van der Waals surface area contributed by atoms with Crippen LogP contribution >= 0.6 is 11.3 Å². The minimum absolute atomic E-state index is 0.706. The van der Waals surface area contributed by atoms with Crippen molar-refractivity contribution in [3.63, 3.8) is 0 Å². The molecule has 11 rings (SSSR count). The van der Waals surface area contributed by atoms with Gasteiger partial charge in [-0.1, -0.05) is 127 Å². The molecule has 7 aromatic carbocycles. The molecule has 238 valence electrons. The van der Waals surface area contributed by atoms with E-state index >= 15 is 0 Å². The Hall–Kier alpha value is -6.56. The predicted molar refractivity (Wildman–Crippen MR) is 214 cm³/mol. The first-order valence-electron chi connectivity index (χ1n) is 17.2. The van der Waals surface area contributed by atoms with Crippen LogP contribution in [-0.2, 0) is 0 Å². The van der Waals surface area contributed by atoms with Gasteiger partial charge in [0, 0.05) is 59.9 Å². The van der Waals surface area contributed by atoms with Crippen LogP contribution in [0, 0.1) is 0 Å². The zero-order valence-corrected chi connectivity index (χ0v) is 28.2. The van der Waals surface area contributed by atoms with E-state index in [1.165, 1.54) is 58.4 Å². The summed E-state index contributed by atoms with van der Waals surface area (Å²) in [4.78, 5) is 10.3. The molecule has 0 fully saturated rings. The third-order valence-corrected chi connectivity index (χ3v) is 11.3. The van der Waals surface area contributed by atoms with E-state index in [0.29, 0.717) is 5.82 Å². The summed E-state index contributed by atoms with van der Waals surface area (Å²) in [5, 5.41) is 7.51. The number of fused-ring (bicyclic) bond motifs is 10. The van der Waals surface area contributed by atoms with Crippen molar-refractivity contribution in [1.82, 2.24) is 19.1 Å². The number of rotatable bonds is 4. The minimum Gasteiger partial charge on any atom is -0.308 e. The van der Waals surface area contributed by atoms with E-state index in [2.05, 4.69) is 155 Å². The van der Waals surface area contributed by atoms with Crippen molar-refractivity contribution in [3.8, 4) is 34.2 Å². The van der Waals surface area contributed by atoms with Crippen LogP contribution in [0.2, 0.25) is 0 Å². The first kappa shape index (κ1) is 28.3. The molecular weight excluding hydrogens is 641 g/mol. The van der Waals surface area contributed by atoms with Crippen LogP contribution in [0.4, 0.5) is 0 Å². The number of hydrogen-bond donors (Lipinski definition) is 0. The lowest BCUT2D eigenvalue weighted by Gasteiger charge is -2.12. The summed E-state index contributed by atoms with van der Waals surface area (Å²) in [6, 6.07) is 60.4. The summed E-state index contributed by atoms with van der Waals surface area (Å²) in [7, 11) is 0. The molecule has 0 aliphatic carbocycles. The first-order valence-corrected chi connectivity index (χ1v) is 18.0. The highest BCUT2D eigenvalue weighted by Crippen LogP contribution is 2.45. The maximum absolute atomic E-state index is 5.26. The zero-order valence-electron chi connectivity index (χ0n) is 27.4. The molecule has 4 aromatic heterocycles. The van der Waals surface area contributed by atoms with Crippen LogP contribution in [0.15, 0.2) is 170 Å². The molecule has 0 saturated carbocycles. The van der Waals surface area contributed by atoms with Gasteiger partial charge in [-0.15, -0.1) is 11.3 Å². The highest BCUT2D eigenvalue weighted by atomic mass is 32.1. The lowest BCUT2D eigenvalue weighted by Crippen LogP contribution is -2.02. The van der Waals surface area contributed by atoms with Crippen LogP contribution in [0.5, 0.6) is 0 Å². The van der Waals surface area contributed by atoms with Gasteiger partial charge in [0.1, 0.15) is 5.82 Å². The van der Waals surface area contributed by atoms with Gasteiger partial charge in [-0.2, -0.15) is 0 Å². The van der Waals surface area contributed by atoms with E-state index in [9.17, 15) is 0 Å². The maximum atomic E-state index is 5.26. The summed E-state index contributed by atoms with van der Waals surface area (Å²) in [6.07, 6.45) is 0. The maximum Gasteiger partial charge on any atom is 0.162 e. The topological polar surface area (TPSA) is 35.6 Å². The molecule has 51 heavy (non-hydrogen) atoms. The number of benzene rings is 7. The molecule has 0 radical (unpaired) electrons. The fourth-order valence-electron chi connectivity index (χ4n) is 7.86. The van der Waals surface area contributed by atoms with Gasteiger partial charge >= 0.3 is 0 Å². The predicted octanol–water partition coefficient (Wildman–Crippen LogP) is 12.4. The highest BCUT2D eigenvalue weighted by Gasteiger charge is 2.21. The van der Waals surface area contributed by atoms with Crippen LogP contribution < -0.4 is 0 Å². The molecule has 0 N–H and O–H groups in total. The van der Waals surface area contributed by atoms with E-state index in [1.54, 1.807) is 0 Å². The molecule has 0 saturated heterocycles. The van der Waals surface area contributed by atoms with E-state index in [0.717, 1.165) is 33.7 Å². The number of aromatic nitrogens is 4. The molecule has 0 bridgehead atoms. The first-order chi connectivity index (χ1) is 25.3. The van der Waals surface area contributed by atoms with Gasteiger partial charge < -0.3 is 4.57 Å². The normalized spacial score (nSPS) is 11.9. The Morgan fingerprint density at radius 1 is 0.412 bits per heavy atom. The average molecular weight is 669 g/mol. The summed E-state index contributed by atoms with van der Waals surface area (Å²) >= 11 is 1.88. The summed E-state index contributed by atoms with van der Waals surface area (Å²) in [6.45, 7) is 0. The van der Waals surface area contributed by atoms with Crippen LogP contribution in [0.25, 0.3) is 97.9 Å². The third-order valence-electron chi connectivity index (χ3n) is 10.1. The van der Waals surface area contributed by atoms with Crippen molar-refractivity contribution >= 4 is 75.1 Å². The highest BCUT2D eigenvalue weighted by molar-refractivity contribution is 7.26. The van der Waals surface area contributed by atoms with Gasteiger partial charge in [-0.05, 0) is 36.4 Å². The molecule has 5 heteroatoms. The number of nitrogens with zero attached hydrogens (tertiary/aromatic N) is 4. The fraction of sp³-hybridized carbons (Fsp3) is 0. The Kier molecular flexibility index (Phi) is 6.09. The molecular formula is C46H28N4S. The second-order valence-electron chi connectivity index (χ2n) is 13.0. The third kappa shape index (κ3) is 4.25. The van der Waals surface area contributed by atoms with Crippen molar-refractivity contribution in [2.24, 2.45) is 0 Å². The monoisotopic (exact) mass is 668 g/mol. The van der Waals surface area contributed by atoms with Gasteiger partial charge in [0.05, 0.1) is 32.5 Å². The summed E-state index contributed by atoms with van der Waals surface area (Å²) in [5.74, 6) is 1.55. The molecule has 4 heterocycles. The number of para-hydroxylation sites is 3. The van der Waals surface area contributed by atoms with Crippen LogP contribution in [0.1, 0.15) is 0 Å². The Bertz CT molecular complexity index is 3060. The van der Waals surface area contributed by atoms with E-state index in [1.807, 2.05) is 35.6 Å². The van der Waals surface area contributed by atoms with Crippen molar-refractivity contribution in [2.75, 3.05) is 0 Å². The van der Waals surface area contributed by atoms with E-state index in [-0.39, 0.29) is 0 Å². The Morgan fingerprint density at radius 3 is 1.76 bits per heavy atom. The molecule has 0 amide bonds. The van der Waals surface area contributed by atoms with Gasteiger partial charge in [-0.3, -0.25) is 4.57 Å². The zero-order chi connectivity index (χ0) is 33.5. The van der Waals surface area contributed by atoms with Crippen LogP contribution in [0.3, 0.4) is 0 Å². The Labute approximate surface area is 297 Å². The van der Waals surface area contributed by atoms with Crippen LogP contribution in [-0.4, -0.2) is 19.1 Å². The fourth-order valence-corrected chi connectivity index (χ4v) is 9.11. The molecule has 0 aliphatic heterocycles. The van der Waals surface area contributed by atoms with E-state index < -0.39 is 0 Å². The second kappa shape index (κ2) is 11.0. The van der Waals surface area contributed by atoms with Crippen molar-refractivity contribution < 1.29 is 0 Å². The molecule has 11 aromatic rings. The van der Waals surface area contributed by atoms with Gasteiger partial charge in [0.15, 0.2) is 5.82 Å². The average Bonchev–Trinajstić information content (AvgIpc) is 3.85. The number of thiophene rings is 1. The van der Waals surface area contributed by atoms with Crippen molar-refractivity contribution in [1.29, 1.82) is 0 Å². The van der Waals surface area contributed by atoms with Gasteiger partial charge in [0.2, 0.25) is 0 Å². The lowest BCUT2D eigenvalue weighted by atomic mass is 10.1.